The van der Waals surface area contributed by atoms with Crippen LogP contribution in [-0.4, -0.2) is 39.2 Å². The van der Waals surface area contributed by atoms with Crippen molar-refractivity contribution in [3.05, 3.63) is 35.2 Å². The molecule has 0 aliphatic heterocycles. The third-order valence-corrected chi connectivity index (χ3v) is 6.10. The minimum Gasteiger partial charge on any atom is -0.368 e. The molecule has 0 aliphatic rings. The average Bonchev–Trinajstić information content (AvgIpc) is 3.09. The summed E-state index contributed by atoms with van der Waals surface area (Å²) in [6.45, 7) is 6.25. The van der Waals surface area contributed by atoms with Crippen LogP contribution in [-0.2, 0) is 6.42 Å². The van der Waals surface area contributed by atoms with E-state index in [4.69, 9.17) is 5.73 Å². The lowest BCUT2D eigenvalue weighted by Crippen LogP contribution is -2.16. The van der Waals surface area contributed by atoms with E-state index in [0.29, 0.717) is 11.8 Å². The number of rotatable bonds is 7. The lowest BCUT2D eigenvalue weighted by Gasteiger charge is -2.13. The molecule has 148 valence electrons. The molecule has 0 spiro atoms. The number of hydrogen-bond acceptors (Lipinski definition) is 10. The predicted molar refractivity (Wildman–Crippen MR) is 117 cm³/mol. The number of anilines is 4. The fourth-order valence-electron chi connectivity index (χ4n) is 2.60. The summed E-state index contributed by atoms with van der Waals surface area (Å²) in [5.41, 5.74) is 9.38. The standard InChI is InChI=1S/C18H24N8S2/c1-6-12-9-7-8-10(2)13(12)20-17-24-25-18(28-17)27-11(3)14-21-15(19)23-16(22-14)26(4)5/h7-9,11H,6H2,1-5H3,(H,20,24)(H2,19,21,22,23). The molecule has 8 nitrogen and oxygen atoms in total. The fourth-order valence-corrected chi connectivity index (χ4v) is 4.55. The summed E-state index contributed by atoms with van der Waals surface area (Å²) in [5, 5.41) is 12.7. The summed E-state index contributed by atoms with van der Waals surface area (Å²) in [4.78, 5) is 14.7. The van der Waals surface area contributed by atoms with Crippen LogP contribution in [0.2, 0.25) is 0 Å². The maximum absolute atomic E-state index is 5.83. The molecule has 0 saturated carbocycles. The second-order valence-electron chi connectivity index (χ2n) is 6.47. The van der Waals surface area contributed by atoms with Gasteiger partial charge in [-0.25, -0.2) is 0 Å². The number of nitrogens with one attached hydrogen (secondary N) is 1. The predicted octanol–water partition coefficient (Wildman–Crippen LogP) is 3.84. The van der Waals surface area contributed by atoms with Gasteiger partial charge >= 0.3 is 0 Å². The van der Waals surface area contributed by atoms with Gasteiger partial charge in [-0.15, -0.1) is 10.2 Å². The Morgan fingerprint density at radius 2 is 2.00 bits per heavy atom. The SMILES string of the molecule is CCc1cccc(C)c1Nc1nnc(SC(C)c2nc(N)nc(N(C)C)n2)s1. The van der Waals surface area contributed by atoms with E-state index >= 15 is 0 Å². The molecule has 3 aromatic rings. The van der Waals surface area contributed by atoms with E-state index in [1.807, 2.05) is 21.0 Å². The Balaban J connectivity index is 1.75. The molecule has 0 bridgehead atoms. The Kier molecular flexibility index (Phi) is 6.30. The third-order valence-electron chi connectivity index (χ3n) is 4.08. The Labute approximate surface area is 173 Å². The minimum atomic E-state index is -0.0329. The molecule has 1 unspecified atom stereocenters. The van der Waals surface area contributed by atoms with Crippen LogP contribution in [0.3, 0.4) is 0 Å². The van der Waals surface area contributed by atoms with E-state index in [2.05, 4.69) is 62.5 Å². The molecule has 1 aromatic carbocycles. The smallest absolute Gasteiger partial charge is 0.229 e. The number of benzene rings is 1. The van der Waals surface area contributed by atoms with E-state index in [1.54, 1.807) is 16.7 Å². The number of hydrogen-bond donors (Lipinski definition) is 2. The maximum atomic E-state index is 5.83. The number of nitrogens with two attached hydrogens (primary N) is 1. The zero-order valence-corrected chi connectivity index (χ0v) is 18.2. The van der Waals surface area contributed by atoms with Gasteiger partial charge in [0, 0.05) is 19.8 Å². The summed E-state index contributed by atoms with van der Waals surface area (Å²) in [7, 11) is 3.74. The van der Waals surface area contributed by atoms with Gasteiger partial charge in [-0.3, -0.25) is 0 Å². The van der Waals surface area contributed by atoms with Crippen molar-refractivity contribution in [2.24, 2.45) is 0 Å². The van der Waals surface area contributed by atoms with Crippen molar-refractivity contribution in [3.63, 3.8) is 0 Å². The van der Waals surface area contributed by atoms with E-state index in [9.17, 15) is 0 Å². The molecule has 0 fully saturated rings. The fraction of sp³-hybridized carbons (Fsp3) is 0.389. The first-order valence-corrected chi connectivity index (χ1v) is 10.6. The Hall–Kier alpha value is -2.46. The molecule has 2 heterocycles. The summed E-state index contributed by atoms with van der Waals surface area (Å²) >= 11 is 3.06. The highest BCUT2D eigenvalue weighted by Gasteiger charge is 2.17. The maximum Gasteiger partial charge on any atom is 0.229 e. The largest absolute Gasteiger partial charge is 0.368 e. The number of aromatic nitrogens is 5. The molecule has 28 heavy (non-hydrogen) atoms. The van der Waals surface area contributed by atoms with Crippen LogP contribution in [0.4, 0.5) is 22.7 Å². The van der Waals surface area contributed by atoms with Crippen molar-refractivity contribution in [2.45, 2.75) is 36.8 Å². The van der Waals surface area contributed by atoms with Crippen LogP contribution >= 0.6 is 23.1 Å². The number of nitrogen functional groups attached to an aromatic ring is 1. The van der Waals surface area contributed by atoms with Crippen LogP contribution < -0.4 is 16.0 Å². The molecule has 3 rings (SSSR count). The van der Waals surface area contributed by atoms with Crippen LogP contribution in [0.1, 0.15) is 36.0 Å². The summed E-state index contributed by atoms with van der Waals surface area (Å²) < 4.78 is 0.840. The monoisotopic (exact) mass is 416 g/mol. The van der Waals surface area contributed by atoms with Gasteiger partial charge in [0.1, 0.15) is 5.82 Å². The molecule has 0 amide bonds. The van der Waals surface area contributed by atoms with Gasteiger partial charge in [-0.05, 0) is 31.4 Å². The first kappa shape index (κ1) is 20.3. The van der Waals surface area contributed by atoms with E-state index < -0.39 is 0 Å². The quantitative estimate of drug-likeness (QED) is 0.556. The zero-order chi connectivity index (χ0) is 20.3. The molecule has 10 heteroatoms. The zero-order valence-electron chi connectivity index (χ0n) is 16.6. The van der Waals surface area contributed by atoms with Crippen molar-refractivity contribution in [1.29, 1.82) is 0 Å². The van der Waals surface area contributed by atoms with Crippen molar-refractivity contribution >= 4 is 45.8 Å². The van der Waals surface area contributed by atoms with Gasteiger partial charge in [0.05, 0.1) is 5.25 Å². The Bertz CT molecular complexity index is 957. The lowest BCUT2D eigenvalue weighted by molar-refractivity contribution is 0.863. The number of nitrogens with zero attached hydrogens (tertiary/aromatic N) is 6. The van der Waals surface area contributed by atoms with Gasteiger partial charge in [0.25, 0.3) is 0 Å². The summed E-state index contributed by atoms with van der Waals surface area (Å²) in [6, 6.07) is 6.29. The van der Waals surface area contributed by atoms with Crippen LogP contribution in [0, 0.1) is 6.92 Å². The normalized spacial score (nSPS) is 12.0. The van der Waals surface area contributed by atoms with Crippen LogP contribution in [0.5, 0.6) is 0 Å². The highest BCUT2D eigenvalue weighted by Crippen LogP contribution is 2.37. The van der Waals surface area contributed by atoms with Crippen molar-refractivity contribution in [3.8, 4) is 0 Å². The van der Waals surface area contributed by atoms with Crippen molar-refractivity contribution < 1.29 is 0 Å². The average molecular weight is 417 g/mol. The summed E-state index contributed by atoms with van der Waals surface area (Å²) in [5.74, 6) is 1.38. The van der Waals surface area contributed by atoms with E-state index in [-0.39, 0.29) is 11.2 Å². The molecular formula is C18H24N8S2. The van der Waals surface area contributed by atoms with E-state index in [1.165, 1.54) is 22.5 Å². The first-order chi connectivity index (χ1) is 13.4. The molecule has 3 N–H and O–H groups in total. The molecular weight excluding hydrogens is 392 g/mol. The topological polar surface area (TPSA) is 106 Å². The molecule has 0 aliphatic carbocycles. The molecule has 1 atom stereocenters. The highest BCUT2D eigenvalue weighted by atomic mass is 32.2. The lowest BCUT2D eigenvalue weighted by atomic mass is 10.1. The van der Waals surface area contributed by atoms with Crippen LogP contribution in [0.25, 0.3) is 0 Å². The minimum absolute atomic E-state index is 0.0329. The first-order valence-electron chi connectivity index (χ1n) is 8.91. The number of thioether (sulfide) groups is 1. The third kappa shape index (κ3) is 4.68. The van der Waals surface area contributed by atoms with Gasteiger partial charge in [0.2, 0.25) is 17.0 Å². The second-order valence-corrected chi connectivity index (χ2v) is 9.03. The molecule has 2 aromatic heterocycles. The molecule has 0 radical (unpaired) electrons. The van der Waals surface area contributed by atoms with Crippen LogP contribution in [0.15, 0.2) is 22.5 Å². The van der Waals surface area contributed by atoms with Crippen molar-refractivity contribution in [1.82, 2.24) is 25.1 Å². The van der Waals surface area contributed by atoms with Crippen molar-refractivity contribution in [2.75, 3.05) is 30.0 Å². The Morgan fingerprint density at radius 3 is 2.71 bits per heavy atom. The highest BCUT2D eigenvalue weighted by molar-refractivity contribution is 8.01. The van der Waals surface area contributed by atoms with Gasteiger partial charge in [-0.1, -0.05) is 48.2 Å². The number of para-hydroxylation sites is 1. The molecule has 0 saturated heterocycles. The van der Waals surface area contributed by atoms with Gasteiger partial charge in [-0.2, -0.15) is 15.0 Å². The summed E-state index contributed by atoms with van der Waals surface area (Å²) in [6.07, 6.45) is 0.955. The second kappa shape index (κ2) is 8.70. The van der Waals surface area contributed by atoms with Gasteiger partial charge < -0.3 is 16.0 Å². The Morgan fingerprint density at radius 1 is 1.21 bits per heavy atom. The van der Waals surface area contributed by atoms with Gasteiger partial charge in [0.15, 0.2) is 4.34 Å². The van der Waals surface area contributed by atoms with E-state index in [0.717, 1.165) is 21.6 Å². The number of aryl methyl sites for hydroxylation is 2.